The molecule has 0 aliphatic rings. The smallest absolute Gasteiger partial charge is 0.726 e. The number of aliphatic hydroxyl groups excluding tert-OH is 1. The van der Waals surface area contributed by atoms with E-state index in [1.54, 1.807) is 0 Å². The quantitative estimate of drug-likeness (QED) is 0.209. The van der Waals surface area contributed by atoms with Gasteiger partial charge in [-0.3, -0.25) is 4.18 Å². The Labute approximate surface area is 105 Å². The molecule has 0 bridgehead atoms. The van der Waals surface area contributed by atoms with Crippen LogP contribution in [0.1, 0.15) is 0 Å². The third-order valence-electron chi connectivity index (χ3n) is 1.05. The van der Waals surface area contributed by atoms with Crippen molar-refractivity contribution >= 4 is 10.4 Å². The Bertz CT molecular complexity index is 239. The number of ether oxygens (including phenoxy) is 1. The van der Waals surface area contributed by atoms with Gasteiger partial charge in [-0.05, 0) is 0 Å². The molecule has 0 fully saturated rings. The van der Waals surface area contributed by atoms with Crippen molar-refractivity contribution in [2.75, 3.05) is 19.8 Å². The summed E-state index contributed by atoms with van der Waals surface area (Å²) < 4.78 is 38.7. The molecular weight excluding hydrogens is 223 g/mol. The molecule has 8 heteroatoms. The molecule has 1 unspecified atom stereocenters. The molecule has 0 aromatic heterocycles. The maximum atomic E-state index is 9.99. The summed E-state index contributed by atoms with van der Waals surface area (Å²) in [5.41, 5.74) is 0. The number of hydrogen-bond acceptors (Lipinski definition) is 6. The van der Waals surface area contributed by atoms with Gasteiger partial charge in [0.1, 0.15) is 6.10 Å². The van der Waals surface area contributed by atoms with Crippen molar-refractivity contribution < 1.29 is 56.6 Å². The van der Waals surface area contributed by atoms with Crippen molar-refractivity contribution in [1.29, 1.82) is 0 Å². The van der Waals surface area contributed by atoms with Crippen LogP contribution in [0.4, 0.5) is 0 Å². The molecule has 0 saturated carbocycles. The van der Waals surface area contributed by atoms with Crippen LogP contribution in [0.2, 0.25) is 0 Å². The molecule has 0 spiro atoms. The Balaban J connectivity index is 0. The molecular formula is C6H11NaO6S. The zero-order valence-electron chi connectivity index (χ0n) is 7.88. The van der Waals surface area contributed by atoms with Gasteiger partial charge in [0.05, 0.1) is 19.8 Å². The van der Waals surface area contributed by atoms with E-state index in [1.807, 2.05) is 0 Å². The number of rotatable bonds is 7. The monoisotopic (exact) mass is 234 g/mol. The van der Waals surface area contributed by atoms with Crippen molar-refractivity contribution in [3.05, 3.63) is 12.7 Å². The van der Waals surface area contributed by atoms with E-state index in [1.165, 1.54) is 6.08 Å². The number of aliphatic hydroxyl groups is 1. The summed E-state index contributed by atoms with van der Waals surface area (Å²) in [7, 11) is -4.72. The van der Waals surface area contributed by atoms with Crippen molar-refractivity contribution in [1.82, 2.24) is 0 Å². The third-order valence-corrected chi connectivity index (χ3v) is 1.48. The summed E-state index contributed by atoms with van der Waals surface area (Å²) in [6, 6.07) is 0. The van der Waals surface area contributed by atoms with Crippen molar-refractivity contribution in [2.24, 2.45) is 0 Å². The van der Waals surface area contributed by atoms with E-state index in [0.717, 1.165) is 0 Å². The molecule has 0 rings (SSSR count). The van der Waals surface area contributed by atoms with Crippen LogP contribution in [0.5, 0.6) is 0 Å². The van der Waals surface area contributed by atoms with Gasteiger partial charge in [-0.2, -0.15) is 0 Å². The predicted octanol–water partition coefficient (Wildman–Crippen LogP) is -3.97. The molecule has 0 radical (unpaired) electrons. The van der Waals surface area contributed by atoms with Gasteiger partial charge in [-0.25, -0.2) is 8.42 Å². The molecule has 6 nitrogen and oxygen atoms in total. The maximum absolute atomic E-state index is 9.99. The third kappa shape index (κ3) is 10.6. The molecule has 1 N–H and O–H groups in total. The van der Waals surface area contributed by atoms with Gasteiger partial charge in [0, 0.05) is 0 Å². The first kappa shape index (κ1) is 16.9. The first-order valence-corrected chi connectivity index (χ1v) is 4.76. The fraction of sp³-hybridized carbons (Fsp3) is 0.667. The minimum atomic E-state index is -4.72. The Morgan fingerprint density at radius 2 is 2.14 bits per heavy atom. The molecule has 0 aliphatic carbocycles. The summed E-state index contributed by atoms with van der Waals surface area (Å²) in [6.07, 6.45) is 0.593. The fourth-order valence-corrected chi connectivity index (χ4v) is 0.835. The van der Waals surface area contributed by atoms with Crippen LogP contribution in [-0.2, 0) is 19.3 Å². The molecule has 1 atom stereocenters. The normalized spacial score (nSPS) is 13.0. The van der Waals surface area contributed by atoms with Gasteiger partial charge < -0.3 is 14.4 Å². The zero-order chi connectivity index (χ0) is 10.3. The van der Waals surface area contributed by atoms with Crippen LogP contribution in [0.3, 0.4) is 0 Å². The van der Waals surface area contributed by atoms with Gasteiger partial charge in [0.2, 0.25) is 10.4 Å². The van der Waals surface area contributed by atoms with Gasteiger partial charge in [-0.15, -0.1) is 6.58 Å². The summed E-state index contributed by atoms with van der Waals surface area (Å²) in [5, 5.41) is 8.61. The molecule has 0 aromatic rings. The van der Waals surface area contributed by atoms with Crippen LogP contribution in [-0.4, -0.2) is 44.0 Å². The second kappa shape index (κ2) is 8.81. The second-order valence-electron chi connectivity index (χ2n) is 2.12. The Morgan fingerprint density at radius 1 is 1.57 bits per heavy atom. The Kier molecular flexibility index (Phi) is 10.7. The second-order valence-corrected chi connectivity index (χ2v) is 3.17. The largest absolute Gasteiger partial charge is 1.00 e. The van der Waals surface area contributed by atoms with Crippen LogP contribution in [0.15, 0.2) is 12.7 Å². The van der Waals surface area contributed by atoms with Crippen molar-refractivity contribution in [3.63, 3.8) is 0 Å². The van der Waals surface area contributed by atoms with E-state index in [0.29, 0.717) is 0 Å². The molecule has 14 heavy (non-hydrogen) atoms. The van der Waals surface area contributed by atoms with E-state index >= 15 is 0 Å². The average molecular weight is 234 g/mol. The summed E-state index contributed by atoms with van der Waals surface area (Å²) in [4.78, 5) is 0. The van der Waals surface area contributed by atoms with E-state index in [-0.39, 0.29) is 36.2 Å². The minimum absolute atomic E-state index is 0. The van der Waals surface area contributed by atoms with Crippen molar-refractivity contribution in [2.45, 2.75) is 6.10 Å². The molecule has 0 aliphatic heterocycles. The number of hydrogen-bond donors (Lipinski definition) is 1. The van der Waals surface area contributed by atoms with E-state index < -0.39 is 29.7 Å². The van der Waals surface area contributed by atoms with Crippen LogP contribution >= 0.6 is 0 Å². The van der Waals surface area contributed by atoms with E-state index in [2.05, 4.69) is 10.8 Å². The molecule has 0 aromatic carbocycles. The SMILES string of the molecule is C=CCOC(CO)COS(=O)(=O)[O-].[Na+]. The van der Waals surface area contributed by atoms with Gasteiger partial charge in [0.15, 0.2) is 0 Å². The van der Waals surface area contributed by atoms with Gasteiger partial charge in [0.25, 0.3) is 0 Å². The van der Waals surface area contributed by atoms with Crippen LogP contribution in [0, 0.1) is 0 Å². The summed E-state index contributed by atoms with van der Waals surface area (Å²) in [5.74, 6) is 0. The Morgan fingerprint density at radius 3 is 2.50 bits per heavy atom. The minimum Gasteiger partial charge on any atom is -0.726 e. The first-order chi connectivity index (χ1) is 5.99. The van der Waals surface area contributed by atoms with E-state index in [9.17, 15) is 13.0 Å². The maximum Gasteiger partial charge on any atom is 1.00 e. The van der Waals surface area contributed by atoms with Gasteiger partial charge >= 0.3 is 29.6 Å². The summed E-state index contributed by atoms with van der Waals surface area (Å²) >= 11 is 0. The molecule has 0 heterocycles. The van der Waals surface area contributed by atoms with E-state index in [4.69, 9.17) is 9.84 Å². The molecule has 78 valence electrons. The Hall–Kier alpha value is 0.530. The van der Waals surface area contributed by atoms with Gasteiger partial charge in [-0.1, -0.05) is 6.08 Å². The average Bonchev–Trinajstić information content (AvgIpc) is 2.03. The zero-order valence-corrected chi connectivity index (χ0v) is 10.7. The first-order valence-electron chi connectivity index (χ1n) is 3.43. The topological polar surface area (TPSA) is 95.9 Å². The van der Waals surface area contributed by atoms with Crippen LogP contribution < -0.4 is 29.6 Å². The van der Waals surface area contributed by atoms with Crippen molar-refractivity contribution in [3.8, 4) is 0 Å². The standard InChI is InChI=1S/C6H12O6S.Na/c1-2-3-11-6(4-7)5-12-13(8,9)10;/h2,6-7H,1,3-5H2,(H,8,9,10);/q;+1/p-1. The summed E-state index contributed by atoms with van der Waals surface area (Å²) in [6.45, 7) is 2.58. The molecule has 0 amide bonds. The molecule has 0 saturated heterocycles. The predicted molar refractivity (Wildman–Crippen MR) is 42.7 cm³/mol. The fourth-order valence-electron chi connectivity index (χ4n) is 0.517. The van der Waals surface area contributed by atoms with Crippen LogP contribution in [0.25, 0.3) is 0 Å².